The van der Waals surface area contributed by atoms with Gasteiger partial charge >= 0.3 is 5.97 Å². The molecule has 0 saturated carbocycles. The third kappa shape index (κ3) is 4.42. The third-order valence-electron chi connectivity index (χ3n) is 4.42. The molecule has 0 unspecified atom stereocenters. The SMILES string of the molecule is Cc1ccc(-n2cccc2/C=C(/C#N)C(=O)Nc2cccc(C(=O)O)c2)c(C)c1. The van der Waals surface area contributed by atoms with Crippen LogP contribution in [0.1, 0.15) is 27.2 Å². The van der Waals surface area contributed by atoms with E-state index in [1.165, 1.54) is 24.3 Å². The van der Waals surface area contributed by atoms with Gasteiger partial charge < -0.3 is 15.0 Å². The minimum atomic E-state index is -1.09. The lowest BCUT2D eigenvalue weighted by molar-refractivity contribution is -0.112. The number of aromatic carboxylic acids is 1. The average molecular weight is 385 g/mol. The van der Waals surface area contributed by atoms with E-state index >= 15 is 0 Å². The summed E-state index contributed by atoms with van der Waals surface area (Å²) < 4.78 is 1.91. The molecule has 3 rings (SSSR count). The Morgan fingerprint density at radius 2 is 1.90 bits per heavy atom. The number of benzene rings is 2. The van der Waals surface area contributed by atoms with Crippen LogP contribution >= 0.6 is 0 Å². The number of nitriles is 1. The lowest BCUT2D eigenvalue weighted by Gasteiger charge is -2.11. The van der Waals surface area contributed by atoms with Crippen LogP contribution in [-0.2, 0) is 4.79 Å². The number of anilines is 1. The van der Waals surface area contributed by atoms with Gasteiger partial charge in [0, 0.05) is 23.3 Å². The van der Waals surface area contributed by atoms with E-state index in [2.05, 4.69) is 11.4 Å². The summed E-state index contributed by atoms with van der Waals surface area (Å²) in [5.74, 6) is -1.70. The van der Waals surface area contributed by atoms with E-state index in [4.69, 9.17) is 5.11 Å². The lowest BCUT2D eigenvalue weighted by Crippen LogP contribution is -2.14. The molecule has 144 valence electrons. The van der Waals surface area contributed by atoms with Gasteiger partial charge in [-0.05, 0) is 61.9 Å². The third-order valence-corrected chi connectivity index (χ3v) is 4.42. The highest BCUT2D eigenvalue weighted by Gasteiger charge is 2.13. The average Bonchev–Trinajstić information content (AvgIpc) is 3.14. The highest BCUT2D eigenvalue weighted by molar-refractivity contribution is 6.09. The highest BCUT2D eigenvalue weighted by Crippen LogP contribution is 2.21. The summed E-state index contributed by atoms with van der Waals surface area (Å²) in [4.78, 5) is 23.6. The standard InChI is InChI=1S/C23H19N3O3/c1-15-8-9-21(16(2)11-15)26-10-4-7-20(26)13-18(14-24)22(27)25-19-6-3-5-17(12-19)23(28)29/h3-13H,1-2H3,(H,25,27)(H,28,29)/b18-13-. The van der Waals surface area contributed by atoms with E-state index in [-0.39, 0.29) is 11.1 Å². The molecule has 0 bridgehead atoms. The Labute approximate surface area is 168 Å². The number of carbonyl (C=O) groups excluding carboxylic acids is 1. The number of carbonyl (C=O) groups is 2. The van der Waals surface area contributed by atoms with E-state index in [0.29, 0.717) is 11.4 Å². The highest BCUT2D eigenvalue weighted by atomic mass is 16.4. The first-order valence-electron chi connectivity index (χ1n) is 8.90. The van der Waals surface area contributed by atoms with Crippen LogP contribution in [0.4, 0.5) is 5.69 Å². The number of aryl methyl sites for hydroxylation is 2. The van der Waals surface area contributed by atoms with Gasteiger partial charge in [-0.15, -0.1) is 0 Å². The largest absolute Gasteiger partial charge is 0.478 e. The van der Waals surface area contributed by atoms with E-state index in [0.717, 1.165) is 16.8 Å². The number of aromatic nitrogens is 1. The van der Waals surface area contributed by atoms with Crippen LogP contribution in [0.5, 0.6) is 0 Å². The Hall–Kier alpha value is -4.11. The minimum Gasteiger partial charge on any atom is -0.478 e. The second-order valence-electron chi connectivity index (χ2n) is 6.60. The Morgan fingerprint density at radius 1 is 1.10 bits per heavy atom. The zero-order valence-electron chi connectivity index (χ0n) is 16.0. The summed E-state index contributed by atoms with van der Waals surface area (Å²) in [6.45, 7) is 4.02. The first-order valence-corrected chi connectivity index (χ1v) is 8.90. The summed E-state index contributed by atoms with van der Waals surface area (Å²) in [5.41, 5.74) is 4.13. The summed E-state index contributed by atoms with van der Waals surface area (Å²) in [6, 6.07) is 17.5. The maximum atomic E-state index is 12.6. The maximum Gasteiger partial charge on any atom is 0.335 e. The lowest BCUT2D eigenvalue weighted by atomic mass is 10.1. The maximum absolute atomic E-state index is 12.6. The number of amides is 1. The molecule has 3 aromatic rings. The van der Waals surface area contributed by atoms with E-state index in [1.807, 2.05) is 54.9 Å². The topological polar surface area (TPSA) is 95.1 Å². The second-order valence-corrected chi connectivity index (χ2v) is 6.60. The fourth-order valence-corrected chi connectivity index (χ4v) is 3.03. The summed E-state index contributed by atoms with van der Waals surface area (Å²) >= 11 is 0. The molecule has 0 radical (unpaired) electrons. The molecule has 6 heteroatoms. The number of carboxylic acid groups (broad SMARTS) is 1. The molecule has 2 aromatic carbocycles. The van der Waals surface area contributed by atoms with Crippen molar-refractivity contribution in [1.29, 1.82) is 5.26 Å². The molecule has 0 aliphatic rings. The van der Waals surface area contributed by atoms with Gasteiger partial charge in [0.25, 0.3) is 5.91 Å². The van der Waals surface area contributed by atoms with Crippen LogP contribution in [0.3, 0.4) is 0 Å². The van der Waals surface area contributed by atoms with E-state index in [9.17, 15) is 14.9 Å². The molecule has 0 atom stereocenters. The quantitative estimate of drug-likeness (QED) is 0.504. The smallest absolute Gasteiger partial charge is 0.335 e. The number of nitrogens with zero attached hydrogens (tertiary/aromatic N) is 2. The molecule has 2 N–H and O–H groups in total. The van der Waals surface area contributed by atoms with Crippen LogP contribution in [0.25, 0.3) is 11.8 Å². The van der Waals surface area contributed by atoms with Crippen molar-refractivity contribution in [3.05, 3.63) is 88.8 Å². The number of carboxylic acids is 1. The van der Waals surface area contributed by atoms with Gasteiger partial charge in [0.1, 0.15) is 11.6 Å². The fraction of sp³-hybridized carbons (Fsp3) is 0.0870. The van der Waals surface area contributed by atoms with Crippen molar-refractivity contribution in [3.63, 3.8) is 0 Å². The van der Waals surface area contributed by atoms with Gasteiger partial charge in [0.2, 0.25) is 0 Å². The molecule has 1 heterocycles. The summed E-state index contributed by atoms with van der Waals surface area (Å²) in [5, 5.41) is 21.1. The zero-order valence-corrected chi connectivity index (χ0v) is 16.0. The Bertz CT molecular complexity index is 1170. The van der Waals surface area contributed by atoms with Crippen LogP contribution in [0, 0.1) is 25.2 Å². The van der Waals surface area contributed by atoms with Gasteiger partial charge in [-0.1, -0.05) is 23.8 Å². The van der Waals surface area contributed by atoms with Gasteiger partial charge in [-0.25, -0.2) is 4.79 Å². The van der Waals surface area contributed by atoms with Crippen molar-refractivity contribution in [1.82, 2.24) is 4.57 Å². The van der Waals surface area contributed by atoms with Crippen molar-refractivity contribution >= 4 is 23.6 Å². The number of nitrogens with one attached hydrogen (secondary N) is 1. The van der Waals surface area contributed by atoms with Crippen molar-refractivity contribution in [2.24, 2.45) is 0 Å². The summed E-state index contributed by atoms with van der Waals surface area (Å²) in [6.07, 6.45) is 3.38. The molecule has 0 spiro atoms. The number of hydrogen-bond donors (Lipinski definition) is 2. The van der Waals surface area contributed by atoms with Crippen LogP contribution < -0.4 is 5.32 Å². The molecule has 0 saturated heterocycles. The molecule has 0 aliphatic carbocycles. The van der Waals surface area contributed by atoms with Crippen molar-refractivity contribution in [3.8, 4) is 11.8 Å². The molecular weight excluding hydrogens is 366 g/mol. The van der Waals surface area contributed by atoms with Gasteiger partial charge in [0.05, 0.1) is 5.56 Å². The number of rotatable bonds is 5. The molecule has 1 aromatic heterocycles. The van der Waals surface area contributed by atoms with Crippen LogP contribution in [-0.4, -0.2) is 21.6 Å². The van der Waals surface area contributed by atoms with Crippen LogP contribution in [0.2, 0.25) is 0 Å². The van der Waals surface area contributed by atoms with Crippen molar-refractivity contribution < 1.29 is 14.7 Å². The monoisotopic (exact) mass is 385 g/mol. The van der Waals surface area contributed by atoms with Crippen molar-refractivity contribution in [2.45, 2.75) is 13.8 Å². The molecular formula is C23H19N3O3. The second kappa shape index (κ2) is 8.28. The first kappa shape index (κ1) is 19.6. The van der Waals surface area contributed by atoms with E-state index < -0.39 is 11.9 Å². The first-order chi connectivity index (χ1) is 13.9. The predicted octanol–water partition coefficient (Wildman–Crippen LogP) is 4.34. The fourth-order valence-electron chi connectivity index (χ4n) is 3.03. The Balaban J connectivity index is 1.90. The molecule has 1 amide bonds. The van der Waals surface area contributed by atoms with Gasteiger partial charge in [-0.3, -0.25) is 4.79 Å². The molecule has 29 heavy (non-hydrogen) atoms. The Kier molecular flexibility index (Phi) is 5.61. The van der Waals surface area contributed by atoms with Gasteiger partial charge in [0.15, 0.2) is 0 Å². The van der Waals surface area contributed by atoms with E-state index in [1.54, 1.807) is 6.07 Å². The van der Waals surface area contributed by atoms with Crippen molar-refractivity contribution in [2.75, 3.05) is 5.32 Å². The predicted molar refractivity (Wildman–Crippen MR) is 111 cm³/mol. The molecule has 6 nitrogen and oxygen atoms in total. The normalized spacial score (nSPS) is 11.0. The zero-order chi connectivity index (χ0) is 21.0. The molecule has 0 fully saturated rings. The molecule has 0 aliphatic heterocycles. The summed E-state index contributed by atoms with van der Waals surface area (Å²) in [7, 11) is 0. The number of hydrogen-bond acceptors (Lipinski definition) is 3. The van der Waals surface area contributed by atoms with Gasteiger partial charge in [-0.2, -0.15) is 5.26 Å². The minimum absolute atomic E-state index is 0.0500. The van der Waals surface area contributed by atoms with Crippen LogP contribution in [0.15, 0.2) is 66.4 Å². The Morgan fingerprint density at radius 3 is 2.59 bits per heavy atom.